The molecule has 2 aliphatic heterocycles. The first-order valence-corrected chi connectivity index (χ1v) is 13.1. The van der Waals surface area contributed by atoms with Gasteiger partial charge in [0.1, 0.15) is 10.8 Å². The lowest BCUT2D eigenvalue weighted by atomic mass is 10.0. The fraction of sp³-hybridized carbons (Fsp3) is 0.444. The predicted molar refractivity (Wildman–Crippen MR) is 144 cm³/mol. The van der Waals surface area contributed by atoms with Crippen molar-refractivity contribution in [3.63, 3.8) is 0 Å². The van der Waals surface area contributed by atoms with Crippen LogP contribution in [0.2, 0.25) is 5.15 Å². The number of benzene rings is 1. The normalized spacial score (nSPS) is 18.1. The van der Waals surface area contributed by atoms with Gasteiger partial charge in [-0.3, -0.25) is 4.79 Å². The van der Waals surface area contributed by atoms with Crippen LogP contribution >= 0.6 is 11.6 Å². The molecule has 2 aromatic heterocycles. The van der Waals surface area contributed by atoms with E-state index in [1.165, 1.54) is 0 Å². The highest BCUT2D eigenvalue weighted by molar-refractivity contribution is 6.34. The van der Waals surface area contributed by atoms with Crippen LogP contribution in [-0.2, 0) is 9.47 Å². The van der Waals surface area contributed by atoms with E-state index in [4.69, 9.17) is 26.1 Å². The summed E-state index contributed by atoms with van der Waals surface area (Å²) < 4.78 is 10.8. The van der Waals surface area contributed by atoms with Crippen molar-refractivity contribution in [2.45, 2.75) is 38.8 Å². The fourth-order valence-electron chi connectivity index (χ4n) is 4.57. The lowest BCUT2D eigenvalue weighted by molar-refractivity contribution is 0.0292. The summed E-state index contributed by atoms with van der Waals surface area (Å²) in [4.78, 5) is 42.3. The van der Waals surface area contributed by atoms with Crippen LogP contribution in [0.25, 0.3) is 22.0 Å². The maximum Gasteiger partial charge on any atom is 0.410 e. The Labute approximate surface area is 226 Å². The molecule has 2 saturated heterocycles. The third-order valence-corrected chi connectivity index (χ3v) is 6.79. The number of pyridine rings is 1. The van der Waals surface area contributed by atoms with Crippen molar-refractivity contribution in [3.05, 3.63) is 47.4 Å². The number of morpholine rings is 1. The molecule has 0 bridgehead atoms. The van der Waals surface area contributed by atoms with Crippen LogP contribution in [0.4, 0.5) is 10.7 Å². The number of likely N-dealkylation sites (tertiary alicyclic amines) is 1. The van der Waals surface area contributed by atoms with Gasteiger partial charge in [-0.25, -0.2) is 19.7 Å². The Balaban J connectivity index is 1.34. The van der Waals surface area contributed by atoms with Gasteiger partial charge in [0.2, 0.25) is 5.95 Å². The predicted octanol–water partition coefficient (Wildman–Crippen LogP) is 4.24. The van der Waals surface area contributed by atoms with Gasteiger partial charge < -0.3 is 24.6 Å². The summed E-state index contributed by atoms with van der Waals surface area (Å²) >= 11 is 6.37. The second kappa shape index (κ2) is 10.7. The number of carbonyl (C=O) groups excluding carboxylic acids is 2. The minimum Gasteiger partial charge on any atom is -0.444 e. The largest absolute Gasteiger partial charge is 0.444 e. The number of anilines is 1. The number of hydrogen-bond acceptors (Lipinski definition) is 8. The van der Waals surface area contributed by atoms with Crippen molar-refractivity contribution in [1.29, 1.82) is 0 Å². The lowest BCUT2D eigenvalue weighted by Gasteiger charge is -2.26. The molecule has 11 heteroatoms. The topological polar surface area (TPSA) is 110 Å². The minimum absolute atomic E-state index is 0.00814. The third kappa shape index (κ3) is 5.81. The summed E-state index contributed by atoms with van der Waals surface area (Å²) in [6.45, 7) is 8.96. The Morgan fingerprint density at radius 3 is 2.50 bits per heavy atom. The summed E-state index contributed by atoms with van der Waals surface area (Å²) in [5, 5.41) is 4.28. The molecular formula is C27H31ClN6O4. The molecule has 1 N–H and O–H groups in total. The molecule has 2 amide bonds. The molecule has 2 fully saturated rings. The highest BCUT2D eigenvalue weighted by Gasteiger charge is 2.30. The smallest absolute Gasteiger partial charge is 0.410 e. The lowest BCUT2D eigenvalue weighted by Crippen LogP contribution is -2.40. The van der Waals surface area contributed by atoms with Crippen molar-refractivity contribution in [2.24, 2.45) is 0 Å². The number of amides is 2. The maximum absolute atomic E-state index is 12.8. The summed E-state index contributed by atoms with van der Waals surface area (Å²) in [6.07, 6.45) is 3.76. The average Bonchev–Trinajstić information content (AvgIpc) is 3.37. The molecule has 1 atom stereocenters. The molecule has 3 aromatic rings. The van der Waals surface area contributed by atoms with E-state index >= 15 is 0 Å². The van der Waals surface area contributed by atoms with Gasteiger partial charge in [-0.1, -0.05) is 23.7 Å². The van der Waals surface area contributed by atoms with Crippen molar-refractivity contribution in [1.82, 2.24) is 24.8 Å². The fourth-order valence-corrected chi connectivity index (χ4v) is 4.75. The van der Waals surface area contributed by atoms with Gasteiger partial charge in [0, 0.05) is 55.7 Å². The quantitative estimate of drug-likeness (QED) is 0.491. The van der Waals surface area contributed by atoms with E-state index in [1.54, 1.807) is 22.2 Å². The number of halogens is 1. The Morgan fingerprint density at radius 1 is 1.05 bits per heavy atom. The third-order valence-electron chi connectivity index (χ3n) is 6.49. The van der Waals surface area contributed by atoms with E-state index in [0.717, 1.165) is 17.5 Å². The Kier molecular flexibility index (Phi) is 7.36. The van der Waals surface area contributed by atoms with Crippen LogP contribution < -0.4 is 5.32 Å². The number of fused-ring (bicyclic) bond motifs is 1. The number of nitrogens with zero attached hydrogens (tertiary/aromatic N) is 5. The molecule has 0 spiro atoms. The number of carbonyl (C=O) groups is 2. The highest BCUT2D eigenvalue weighted by Crippen LogP contribution is 2.31. The van der Waals surface area contributed by atoms with Crippen molar-refractivity contribution in [3.8, 4) is 11.1 Å². The molecule has 5 rings (SSSR count). The van der Waals surface area contributed by atoms with Gasteiger partial charge in [-0.2, -0.15) is 0 Å². The number of nitrogens with one attached hydrogen (secondary N) is 1. The van der Waals surface area contributed by atoms with Crippen LogP contribution in [0.15, 0.2) is 36.7 Å². The molecule has 1 aromatic carbocycles. The molecule has 10 nitrogen and oxygen atoms in total. The first-order chi connectivity index (χ1) is 18.2. The van der Waals surface area contributed by atoms with Gasteiger partial charge in [-0.05, 0) is 44.9 Å². The second-order valence-electron chi connectivity index (χ2n) is 10.5. The Morgan fingerprint density at radius 2 is 1.79 bits per heavy atom. The summed E-state index contributed by atoms with van der Waals surface area (Å²) in [5.74, 6) is 0.431. The molecule has 0 saturated carbocycles. The molecule has 2 aliphatic rings. The summed E-state index contributed by atoms with van der Waals surface area (Å²) in [7, 11) is 0. The maximum atomic E-state index is 12.8. The molecule has 0 radical (unpaired) electrons. The molecule has 38 heavy (non-hydrogen) atoms. The van der Waals surface area contributed by atoms with Crippen molar-refractivity contribution >= 4 is 40.5 Å². The minimum atomic E-state index is -0.540. The van der Waals surface area contributed by atoms with Gasteiger partial charge in [0.05, 0.1) is 24.1 Å². The van der Waals surface area contributed by atoms with Gasteiger partial charge in [0.25, 0.3) is 5.91 Å². The highest BCUT2D eigenvalue weighted by atomic mass is 35.5. The van der Waals surface area contributed by atoms with Crippen molar-refractivity contribution in [2.75, 3.05) is 44.7 Å². The Bertz CT molecular complexity index is 1340. The average molecular weight is 539 g/mol. The molecule has 0 aliphatic carbocycles. The van der Waals surface area contributed by atoms with Crippen LogP contribution in [0.5, 0.6) is 0 Å². The van der Waals surface area contributed by atoms with Gasteiger partial charge in [0.15, 0.2) is 0 Å². The molecule has 0 unspecified atom stereocenters. The van der Waals surface area contributed by atoms with E-state index in [1.807, 2.05) is 45.0 Å². The summed E-state index contributed by atoms with van der Waals surface area (Å²) in [5.41, 5.74) is 2.37. The monoisotopic (exact) mass is 538 g/mol. The van der Waals surface area contributed by atoms with E-state index in [9.17, 15) is 9.59 Å². The van der Waals surface area contributed by atoms with Crippen molar-refractivity contribution < 1.29 is 19.1 Å². The second-order valence-corrected chi connectivity index (χ2v) is 10.8. The van der Waals surface area contributed by atoms with E-state index in [2.05, 4.69) is 15.3 Å². The van der Waals surface area contributed by atoms with Gasteiger partial charge >= 0.3 is 6.09 Å². The number of aromatic nitrogens is 3. The molecule has 200 valence electrons. The Hall–Kier alpha value is -3.50. The van der Waals surface area contributed by atoms with Crippen LogP contribution in [0.1, 0.15) is 37.6 Å². The van der Waals surface area contributed by atoms with E-state index < -0.39 is 5.60 Å². The number of rotatable bonds is 4. The van der Waals surface area contributed by atoms with E-state index in [-0.39, 0.29) is 18.0 Å². The first-order valence-electron chi connectivity index (χ1n) is 12.7. The zero-order chi connectivity index (χ0) is 26.9. The van der Waals surface area contributed by atoms with E-state index in [0.29, 0.717) is 67.0 Å². The standard InChI is InChI=1S/C27H31ClN6O4/c1-27(2,3)38-26(36)34-9-8-19(16-34)31-25-30-15-21-22(32-25)20(14-29-23(21)28)17-4-6-18(7-5-17)24(35)33-10-12-37-13-11-33/h4-7,14-15,19H,8-13,16H2,1-3H3,(H,30,31,32)/t19-/m1/s1. The van der Waals surface area contributed by atoms with Crippen LogP contribution in [0.3, 0.4) is 0 Å². The van der Waals surface area contributed by atoms with Gasteiger partial charge in [-0.15, -0.1) is 0 Å². The number of hydrogen-bond donors (Lipinski definition) is 1. The SMILES string of the molecule is CC(C)(C)OC(=O)N1CC[C@@H](Nc2ncc3c(Cl)ncc(-c4ccc(C(=O)N5CCOCC5)cc4)c3n2)C1. The summed E-state index contributed by atoms with van der Waals surface area (Å²) in [6, 6.07) is 7.41. The number of ether oxygens (including phenoxy) is 2. The first kappa shape index (κ1) is 26.1. The van der Waals surface area contributed by atoms with Crippen LogP contribution in [0, 0.1) is 0 Å². The zero-order valence-corrected chi connectivity index (χ0v) is 22.5. The molecule has 4 heterocycles. The van der Waals surface area contributed by atoms with Crippen LogP contribution in [-0.4, -0.2) is 87.8 Å². The molecular weight excluding hydrogens is 508 g/mol. The zero-order valence-electron chi connectivity index (χ0n) is 21.7.